The summed E-state index contributed by atoms with van der Waals surface area (Å²) >= 11 is 1.63. The fourth-order valence-corrected chi connectivity index (χ4v) is 7.73. The van der Waals surface area contributed by atoms with Crippen molar-refractivity contribution in [2.75, 3.05) is 0 Å². The van der Waals surface area contributed by atoms with Gasteiger partial charge < -0.3 is 5.10 Å². The van der Waals surface area contributed by atoms with Crippen molar-refractivity contribution in [1.82, 2.24) is 35.2 Å². The van der Waals surface area contributed by atoms with Gasteiger partial charge in [-0.1, -0.05) is 61.9 Å². The van der Waals surface area contributed by atoms with E-state index in [4.69, 9.17) is 4.98 Å². The van der Waals surface area contributed by atoms with Gasteiger partial charge in [-0.05, 0) is 81.3 Å². The molecule has 227 valence electrons. The summed E-state index contributed by atoms with van der Waals surface area (Å²) in [5.74, 6) is 1.21. The van der Waals surface area contributed by atoms with Crippen LogP contribution in [0.15, 0.2) is 59.4 Å². The fourth-order valence-electron chi connectivity index (χ4n) is 6.35. The van der Waals surface area contributed by atoms with Crippen LogP contribution in [0.25, 0.3) is 22.5 Å². The summed E-state index contributed by atoms with van der Waals surface area (Å²) in [6.07, 6.45) is 3.27. The Morgan fingerprint density at radius 3 is 2.33 bits per heavy atom. The molecule has 0 fully saturated rings. The van der Waals surface area contributed by atoms with Crippen LogP contribution in [0, 0.1) is 6.92 Å². The van der Waals surface area contributed by atoms with Crippen molar-refractivity contribution in [1.29, 1.82) is 0 Å². The Morgan fingerprint density at radius 2 is 1.69 bits per heavy atom. The van der Waals surface area contributed by atoms with E-state index in [0.717, 1.165) is 68.1 Å². The summed E-state index contributed by atoms with van der Waals surface area (Å²) in [7, 11) is 0. The first kappa shape index (κ1) is 33.4. The largest absolute Gasteiger partial charge is 1.00 e. The van der Waals surface area contributed by atoms with Crippen LogP contribution in [0.3, 0.4) is 0 Å². The third kappa shape index (κ3) is 6.12. The predicted molar refractivity (Wildman–Crippen MR) is 171 cm³/mol. The van der Waals surface area contributed by atoms with Gasteiger partial charge in [0.1, 0.15) is 5.82 Å². The van der Waals surface area contributed by atoms with Crippen LogP contribution in [0.1, 0.15) is 85.4 Å². The van der Waals surface area contributed by atoms with Gasteiger partial charge in [-0.25, -0.2) is 4.98 Å². The normalized spacial score (nSPS) is 15.2. The Balaban J connectivity index is 0.00000400. The van der Waals surface area contributed by atoms with E-state index in [-0.39, 0.29) is 35.1 Å². The van der Waals surface area contributed by atoms with Crippen LogP contribution in [0.2, 0.25) is 0 Å². The fraction of sp³-hybridized carbons (Fsp3) is 0.382. The van der Waals surface area contributed by atoms with Crippen molar-refractivity contribution in [2.45, 2.75) is 84.8 Å². The monoisotopic (exact) mass is 630 g/mol. The molecule has 6 rings (SSSR count). The maximum atomic E-state index is 14.2. The van der Waals surface area contributed by atoms with Gasteiger partial charge in [0.15, 0.2) is 0 Å². The standard InChI is InChI=1S/C34H37N7O2S.Na/c1-7-8-13-29-27(18-22-14-16-23(17-15-22)25-11-9-10-12-26(25)31-36-38-39-37-31)32(42)40(21(2)35-29)20-24-19-28-30(44-24)34(5,6)41(43)33(28,3)4;/h9-12,14-17,19H,7-8,13,18,20H2,1-6H3;/q-1;+1. The molecule has 1 aliphatic rings. The Morgan fingerprint density at radius 1 is 0.978 bits per heavy atom. The van der Waals surface area contributed by atoms with E-state index in [1.54, 1.807) is 15.9 Å². The molecule has 0 unspecified atom stereocenters. The number of tetrazole rings is 1. The second-order valence-corrected chi connectivity index (χ2v) is 13.7. The number of thiophene rings is 1. The first-order valence-corrected chi connectivity index (χ1v) is 15.9. The molecule has 0 N–H and O–H groups in total. The number of hydrogen-bond donors (Lipinski definition) is 0. The van der Waals surface area contributed by atoms with Gasteiger partial charge >= 0.3 is 29.6 Å². The molecule has 0 saturated carbocycles. The van der Waals surface area contributed by atoms with E-state index >= 15 is 0 Å². The van der Waals surface area contributed by atoms with E-state index in [9.17, 15) is 10.0 Å². The maximum Gasteiger partial charge on any atom is 1.00 e. The van der Waals surface area contributed by atoms with E-state index in [1.807, 2.05) is 58.9 Å². The summed E-state index contributed by atoms with van der Waals surface area (Å²) < 4.78 is 1.80. The number of nitrogens with zero attached hydrogens (tertiary/aromatic N) is 7. The molecule has 0 bridgehead atoms. The van der Waals surface area contributed by atoms with Crippen LogP contribution >= 0.6 is 11.3 Å². The number of fused-ring (bicyclic) bond motifs is 1. The summed E-state index contributed by atoms with van der Waals surface area (Å²) in [5.41, 5.74) is 5.38. The van der Waals surface area contributed by atoms with E-state index in [1.165, 1.54) is 5.06 Å². The van der Waals surface area contributed by atoms with Gasteiger partial charge in [-0.2, -0.15) is 5.21 Å². The molecular formula is C34H37N7NaO2S. The van der Waals surface area contributed by atoms with Crippen LogP contribution in [-0.2, 0) is 35.7 Å². The molecule has 11 heteroatoms. The minimum atomic E-state index is -0.613. The molecule has 1 aliphatic heterocycles. The first-order chi connectivity index (χ1) is 21.0. The molecular weight excluding hydrogens is 593 g/mol. The molecule has 2 aromatic carbocycles. The van der Waals surface area contributed by atoms with Crippen LogP contribution in [0.5, 0.6) is 0 Å². The summed E-state index contributed by atoms with van der Waals surface area (Å²) in [6.45, 7) is 12.4. The molecule has 0 saturated heterocycles. The number of benzene rings is 2. The van der Waals surface area contributed by atoms with Crippen LogP contribution in [-0.4, -0.2) is 30.1 Å². The second-order valence-electron chi connectivity index (χ2n) is 12.6. The van der Waals surface area contributed by atoms with Crippen molar-refractivity contribution in [3.63, 3.8) is 0 Å². The Bertz CT molecular complexity index is 1830. The van der Waals surface area contributed by atoms with E-state index in [0.29, 0.717) is 24.6 Å². The summed E-state index contributed by atoms with van der Waals surface area (Å²) in [5, 5.41) is 29.5. The van der Waals surface area contributed by atoms with Crippen molar-refractivity contribution in [2.24, 2.45) is 0 Å². The number of rotatable bonds is 9. The van der Waals surface area contributed by atoms with Gasteiger partial charge in [0, 0.05) is 27.6 Å². The molecule has 5 aromatic rings. The van der Waals surface area contributed by atoms with Gasteiger partial charge in [0.2, 0.25) is 0 Å². The van der Waals surface area contributed by atoms with Crippen molar-refractivity contribution in [3.8, 4) is 22.5 Å². The molecule has 1 radical (unpaired) electrons. The van der Waals surface area contributed by atoms with Gasteiger partial charge in [-0.15, -0.1) is 21.6 Å². The van der Waals surface area contributed by atoms with Crippen LogP contribution in [0.4, 0.5) is 0 Å². The SMILES string of the molecule is CCCCc1nc(C)n(Cc2cc3c(s2)C(C)(C)N([O])C3(C)C)c(=O)c1Cc1ccc(-c2ccccc2-c2nnn[n-]2)cc1.[Na+]. The molecule has 0 aliphatic carbocycles. The molecule has 9 nitrogen and oxygen atoms in total. The first-order valence-electron chi connectivity index (χ1n) is 15.1. The third-order valence-electron chi connectivity index (χ3n) is 8.77. The van der Waals surface area contributed by atoms with Crippen LogP contribution < -0.4 is 40.2 Å². The number of aryl methyl sites for hydroxylation is 2. The molecule has 4 heterocycles. The minimum Gasteiger partial charge on any atom is -0.330 e. The summed E-state index contributed by atoms with van der Waals surface area (Å²) in [6, 6.07) is 18.3. The number of aromatic nitrogens is 6. The number of hydrogen-bond acceptors (Lipinski definition) is 7. The zero-order chi connectivity index (χ0) is 31.2. The van der Waals surface area contributed by atoms with Gasteiger partial charge in [0.05, 0.1) is 23.3 Å². The average molecular weight is 631 g/mol. The molecule has 0 atom stereocenters. The smallest absolute Gasteiger partial charge is 0.330 e. The van der Waals surface area contributed by atoms with E-state index < -0.39 is 11.1 Å². The Hall–Kier alpha value is -2.99. The molecule has 45 heavy (non-hydrogen) atoms. The zero-order valence-corrected chi connectivity index (χ0v) is 29.9. The van der Waals surface area contributed by atoms with Crippen molar-refractivity contribution in [3.05, 3.63) is 103 Å². The van der Waals surface area contributed by atoms with Gasteiger partial charge in [-0.3, -0.25) is 19.7 Å². The quantitative estimate of drug-likeness (QED) is 0.230. The molecule has 0 amide bonds. The molecule has 3 aromatic heterocycles. The maximum absolute atomic E-state index is 14.2. The summed E-state index contributed by atoms with van der Waals surface area (Å²) in [4.78, 5) is 21.3. The van der Waals surface area contributed by atoms with Crippen molar-refractivity contribution >= 4 is 11.3 Å². The molecule has 0 spiro atoms. The zero-order valence-electron chi connectivity index (χ0n) is 27.1. The number of hydroxylamine groups is 2. The van der Waals surface area contributed by atoms with Gasteiger partial charge in [0.25, 0.3) is 5.56 Å². The third-order valence-corrected chi connectivity index (χ3v) is 10.2. The second kappa shape index (κ2) is 13.0. The Kier molecular flexibility index (Phi) is 9.66. The topological polar surface area (TPSA) is 111 Å². The number of unbranched alkanes of at least 4 members (excludes halogenated alkanes) is 1. The van der Waals surface area contributed by atoms with Crippen molar-refractivity contribution < 1.29 is 34.8 Å². The predicted octanol–water partition coefficient (Wildman–Crippen LogP) is 3.21. The average Bonchev–Trinajstić information content (AvgIpc) is 3.73. The minimum absolute atomic E-state index is 0. The van der Waals surface area contributed by atoms with E-state index in [2.05, 4.69) is 57.9 Å². The Labute approximate surface area is 290 Å².